The third kappa shape index (κ3) is 5.27. The lowest BCUT2D eigenvalue weighted by Crippen LogP contribution is -2.30. The van der Waals surface area contributed by atoms with Crippen molar-refractivity contribution in [1.29, 1.82) is 0 Å². The second-order valence-electron chi connectivity index (χ2n) is 4.36. The van der Waals surface area contributed by atoms with Crippen molar-refractivity contribution in [3.63, 3.8) is 0 Å². The second kappa shape index (κ2) is 8.16. The summed E-state index contributed by atoms with van der Waals surface area (Å²) < 4.78 is 9.77. The fraction of sp³-hybridized carbons (Fsp3) is 0.429. The van der Waals surface area contributed by atoms with E-state index in [1.165, 1.54) is 0 Å². The Bertz CT molecular complexity index is 474. The van der Waals surface area contributed by atoms with Gasteiger partial charge in [-0.15, -0.1) is 0 Å². The molecule has 0 aliphatic rings. The average Bonchev–Trinajstić information content (AvgIpc) is 2.43. The van der Waals surface area contributed by atoms with E-state index >= 15 is 0 Å². The zero-order valence-corrected chi connectivity index (χ0v) is 11.8. The second-order valence-corrected chi connectivity index (χ2v) is 4.36. The highest BCUT2D eigenvalue weighted by molar-refractivity contribution is 5.96. The molecule has 1 aromatic carbocycles. The molecule has 0 spiro atoms. The van der Waals surface area contributed by atoms with Gasteiger partial charge in [-0.25, -0.2) is 4.79 Å². The minimum Gasteiger partial charge on any atom is -0.452 e. The number of hydrogen-bond acceptors (Lipinski definition) is 5. The Balaban J connectivity index is 2.39. The maximum Gasteiger partial charge on any atom is 0.340 e. The summed E-state index contributed by atoms with van der Waals surface area (Å²) in [4.78, 5) is 23.2. The molecule has 0 aliphatic carbocycles. The fourth-order valence-corrected chi connectivity index (χ4v) is 1.55. The van der Waals surface area contributed by atoms with E-state index in [4.69, 9.17) is 15.2 Å². The van der Waals surface area contributed by atoms with Gasteiger partial charge in [0.1, 0.15) is 0 Å². The topological polar surface area (TPSA) is 90.6 Å². The minimum atomic E-state index is -0.599. The lowest BCUT2D eigenvalue weighted by molar-refractivity contribution is -0.124. The van der Waals surface area contributed by atoms with Crippen molar-refractivity contribution in [3.05, 3.63) is 29.3 Å². The van der Waals surface area contributed by atoms with Gasteiger partial charge >= 0.3 is 5.97 Å². The first kappa shape index (κ1) is 16.0. The third-order valence-corrected chi connectivity index (χ3v) is 2.61. The summed E-state index contributed by atoms with van der Waals surface area (Å²) in [6.07, 6.45) is 0.709. The number of methoxy groups -OCH3 is 1. The number of anilines is 1. The Hall–Kier alpha value is -2.08. The van der Waals surface area contributed by atoms with E-state index < -0.39 is 5.97 Å². The van der Waals surface area contributed by atoms with Crippen LogP contribution in [-0.2, 0) is 14.3 Å². The summed E-state index contributed by atoms with van der Waals surface area (Å²) in [5.41, 5.74) is 7.20. The van der Waals surface area contributed by atoms with Crippen molar-refractivity contribution < 1.29 is 19.1 Å². The number of carbonyl (C=O) groups excluding carboxylic acids is 2. The monoisotopic (exact) mass is 280 g/mol. The van der Waals surface area contributed by atoms with Crippen LogP contribution in [0.3, 0.4) is 0 Å². The molecule has 20 heavy (non-hydrogen) atoms. The highest BCUT2D eigenvalue weighted by Gasteiger charge is 2.13. The number of nitrogens with two attached hydrogens (primary N) is 1. The van der Waals surface area contributed by atoms with Crippen molar-refractivity contribution in [2.45, 2.75) is 13.3 Å². The summed E-state index contributed by atoms with van der Waals surface area (Å²) in [6.45, 7) is 2.58. The number of esters is 1. The number of benzene rings is 1. The van der Waals surface area contributed by atoms with E-state index in [9.17, 15) is 9.59 Å². The van der Waals surface area contributed by atoms with E-state index in [1.807, 2.05) is 6.92 Å². The number of ether oxygens (including phenoxy) is 2. The number of aryl methyl sites for hydroxylation is 1. The number of nitrogen functional groups attached to an aromatic ring is 1. The molecule has 0 saturated heterocycles. The van der Waals surface area contributed by atoms with Gasteiger partial charge in [-0.1, -0.05) is 11.6 Å². The van der Waals surface area contributed by atoms with Crippen molar-refractivity contribution in [1.82, 2.24) is 5.32 Å². The van der Waals surface area contributed by atoms with Gasteiger partial charge in [-0.05, 0) is 25.5 Å². The van der Waals surface area contributed by atoms with Crippen molar-refractivity contribution in [3.8, 4) is 0 Å². The molecule has 0 radical (unpaired) electrons. The Kier molecular flexibility index (Phi) is 6.52. The zero-order valence-electron chi connectivity index (χ0n) is 11.8. The van der Waals surface area contributed by atoms with Crippen LogP contribution in [0.1, 0.15) is 22.3 Å². The van der Waals surface area contributed by atoms with Crippen LogP contribution in [0.2, 0.25) is 0 Å². The van der Waals surface area contributed by atoms with Gasteiger partial charge in [0, 0.05) is 25.9 Å². The van der Waals surface area contributed by atoms with Crippen LogP contribution in [0, 0.1) is 6.92 Å². The Labute approximate surface area is 118 Å². The predicted octanol–water partition coefficient (Wildman–Crippen LogP) is 0.887. The highest BCUT2D eigenvalue weighted by Crippen LogP contribution is 2.14. The molecule has 0 aromatic heterocycles. The van der Waals surface area contributed by atoms with Crippen LogP contribution in [0.15, 0.2) is 18.2 Å². The minimum absolute atomic E-state index is 0.275. The molecule has 0 saturated carbocycles. The molecule has 0 unspecified atom stereocenters. The van der Waals surface area contributed by atoms with Crippen LogP contribution in [-0.4, -0.2) is 38.7 Å². The SMILES string of the molecule is COCCCNC(=O)COC(=O)c1cc(C)ccc1N. The van der Waals surface area contributed by atoms with Crippen LogP contribution in [0.4, 0.5) is 5.69 Å². The zero-order chi connectivity index (χ0) is 15.0. The highest BCUT2D eigenvalue weighted by atomic mass is 16.5. The normalized spacial score (nSPS) is 10.1. The summed E-state index contributed by atoms with van der Waals surface area (Å²) in [6, 6.07) is 5.07. The van der Waals surface area contributed by atoms with E-state index in [0.29, 0.717) is 25.3 Å². The number of carbonyl (C=O) groups is 2. The summed E-state index contributed by atoms with van der Waals surface area (Å²) in [5.74, 6) is -0.945. The molecule has 0 atom stereocenters. The van der Waals surface area contributed by atoms with E-state index in [1.54, 1.807) is 25.3 Å². The summed E-state index contributed by atoms with van der Waals surface area (Å²) in [5, 5.41) is 2.62. The number of nitrogens with one attached hydrogen (secondary N) is 1. The largest absolute Gasteiger partial charge is 0.452 e. The van der Waals surface area contributed by atoms with Crippen molar-refractivity contribution in [2.75, 3.05) is 32.6 Å². The maximum absolute atomic E-state index is 11.8. The van der Waals surface area contributed by atoms with Gasteiger partial charge in [0.05, 0.1) is 5.56 Å². The van der Waals surface area contributed by atoms with Gasteiger partial charge < -0.3 is 20.5 Å². The first-order chi connectivity index (χ1) is 9.54. The number of rotatable bonds is 7. The van der Waals surface area contributed by atoms with E-state index in [-0.39, 0.29) is 18.1 Å². The third-order valence-electron chi connectivity index (χ3n) is 2.61. The standard InChI is InChI=1S/C14H20N2O4/c1-10-4-5-12(15)11(8-10)14(18)20-9-13(17)16-6-3-7-19-2/h4-5,8H,3,6-7,9,15H2,1-2H3,(H,16,17). The molecule has 0 fully saturated rings. The molecule has 1 rings (SSSR count). The molecule has 0 heterocycles. The van der Waals surface area contributed by atoms with E-state index in [2.05, 4.69) is 5.32 Å². The van der Waals surface area contributed by atoms with Crippen LogP contribution < -0.4 is 11.1 Å². The Morgan fingerprint density at radius 3 is 2.80 bits per heavy atom. The van der Waals surface area contributed by atoms with Crippen molar-refractivity contribution in [2.24, 2.45) is 0 Å². The first-order valence-electron chi connectivity index (χ1n) is 6.33. The molecule has 3 N–H and O–H groups in total. The predicted molar refractivity (Wildman–Crippen MR) is 75.4 cm³/mol. The van der Waals surface area contributed by atoms with E-state index in [0.717, 1.165) is 5.56 Å². The Morgan fingerprint density at radius 2 is 2.10 bits per heavy atom. The quantitative estimate of drug-likeness (QED) is 0.439. The van der Waals surface area contributed by atoms with Gasteiger partial charge in [0.15, 0.2) is 6.61 Å². The molecule has 1 aromatic rings. The van der Waals surface area contributed by atoms with Gasteiger partial charge in [-0.3, -0.25) is 4.79 Å². The molecule has 110 valence electrons. The maximum atomic E-state index is 11.8. The van der Waals surface area contributed by atoms with Crippen LogP contribution >= 0.6 is 0 Å². The lowest BCUT2D eigenvalue weighted by atomic mass is 10.1. The molecule has 6 heteroatoms. The van der Waals surface area contributed by atoms with Gasteiger partial charge in [0.2, 0.25) is 0 Å². The van der Waals surface area contributed by atoms with Gasteiger partial charge in [0.25, 0.3) is 5.91 Å². The van der Waals surface area contributed by atoms with Crippen molar-refractivity contribution >= 4 is 17.6 Å². The molecule has 0 bridgehead atoms. The molecular formula is C14H20N2O4. The molecular weight excluding hydrogens is 260 g/mol. The van der Waals surface area contributed by atoms with Gasteiger partial charge in [-0.2, -0.15) is 0 Å². The lowest BCUT2D eigenvalue weighted by Gasteiger charge is -2.08. The summed E-state index contributed by atoms with van der Waals surface area (Å²) >= 11 is 0. The molecule has 6 nitrogen and oxygen atoms in total. The van der Waals surface area contributed by atoms with Crippen LogP contribution in [0.5, 0.6) is 0 Å². The molecule has 0 aliphatic heterocycles. The van der Waals surface area contributed by atoms with Crippen LogP contribution in [0.25, 0.3) is 0 Å². The summed E-state index contributed by atoms with van der Waals surface area (Å²) in [7, 11) is 1.59. The molecule has 1 amide bonds. The Morgan fingerprint density at radius 1 is 1.35 bits per heavy atom. The average molecular weight is 280 g/mol. The smallest absolute Gasteiger partial charge is 0.340 e. The number of hydrogen-bond donors (Lipinski definition) is 2. The fourth-order valence-electron chi connectivity index (χ4n) is 1.55. The first-order valence-corrected chi connectivity index (χ1v) is 6.33. The number of amides is 1.